The van der Waals surface area contributed by atoms with Crippen LogP contribution in [0, 0.1) is 5.92 Å². The van der Waals surface area contributed by atoms with Crippen molar-refractivity contribution in [3.05, 3.63) is 52.2 Å². The topological polar surface area (TPSA) is 46.3 Å². The zero-order chi connectivity index (χ0) is 16.9. The quantitative estimate of drug-likeness (QED) is 0.811. The average Bonchev–Trinajstić information content (AvgIpc) is 3.13. The van der Waals surface area contributed by atoms with Crippen molar-refractivity contribution in [2.75, 3.05) is 13.1 Å². The van der Waals surface area contributed by atoms with Crippen molar-refractivity contribution in [1.82, 2.24) is 4.90 Å². The SMILES string of the molecule is CC(N)C1CCCN(C(=O)c2ccccc2SCc2cccs2)C1. The van der Waals surface area contributed by atoms with Gasteiger partial charge in [-0.15, -0.1) is 23.1 Å². The summed E-state index contributed by atoms with van der Waals surface area (Å²) in [4.78, 5) is 17.4. The van der Waals surface area contributed by atoms with E-state index in [9.17, 15) is 4.79 Å². The van der Waals surface area contributed by atoms with Gasteiger partial charge in [0, 0.05) is 34.7 Å². The molecule has 2 heterocycles. The predicted molar refractivity (Wildman–Crippen MR) is 103 cm³/mol. The molecule has 0 spiro atoms. The molecule has 0 bridgehead atoms. The standard InChI is InChI=1S/C19H24N2OS2/c1-14(20)15-6-4-10-21(12-15)19(22)17-8-2-3-9-18(17)24-13-16-7-5-11-23-16/h2-3,5,7-9,11,14-15H,4,6,10,12-13,20H2,1H3. The van der Waals surface area contributed by atoms with Gasteiger partial charge in [0.25, 0.3) is 5.91 Å². The van der Waals surface area contributed by atoms with Crippen LogP contribution in [0.15, 0.2) is 46.7 Å². The third kappa shape index (κ3) is 4.21. The molecular weight excluding hydrogens is 336 g/mol. The first-order valence-electron chi connectivity index (χ1n) is 8.44. The van der Waals surface area contributed by atoms with Gasteiger partial charge in [-0.1, -0.05) is 18.2 Å². The Kier molecular flexibility index (Phi) is 5.98. The molecule has 3 nitrogen and oxygen atoms in total. The van der Waals surface area contributed by atoms with Gasteiger partial charge in [0.05, 0.1) is 5.56 Å². The van der Waals surface area contributed by atoms with Crippen molar-refractivity contribution >= 4 is 29.0 Å². The highest BCUT2D eigenvalue weighted by atomic mass is 32.2. The van der Waals surface area contributed by atoms with E-state index in [1.807, 2.05) is 30.0 Å². The van der Waals surface area contributed by atoms with Crippen molar-refractivity contribution in [2.24, 2.45) is 11.7 Å². The number of hydrogen-bond donors (Lipinski definition) is 1. The van der Waals surface area contributed by atoms with E-state index in [1.165, 1.54) is 4.88 Å². The summed E-state index contributed by atoms with van der Waals surface area (Å²) in [5.41, 5.74) is 6.88. The molecule has 128 valence electrons. The Balaban J connectivity index is 1.72. The minimum atomic E-state index is 0.143. The van der Waals surface area contributed by atoms with Gasteiger partial charge in [-0.05, 0) is 49.3 Å². The molecule has 5 heteroatoms. The van der Waals surface area contributed by atoms with E-state index in [2.05, 4.69) is 23.6 Å². The Labute approximate surface area is 152 Å². The van der Waals surface area contributed by atoms with Gasteiger partial charge >= 0.3 is 0 Å². The number of thiophene rings is 1. The van der Waals surface area contributed by atoms with Gasteiger partial charge in [0.1, 0.15) is 0 Å². The number of benzene rings is 1. The van der Waals surface area contributed by atoms with Crippen LogP contribution < -0.4 is 5.73 Å². The number of carbonyl (C=O) groups excluding carboxylic acids is 1. The lowest BCUT2D eigenvalue weighted by Gasteiger charge is -2.35. The minimum Gasteiger partial charge on any atom is -0.338 e. The molecular formula is C19H24N2OS2. The molecule has 1 aromatic carbocycles. The van der Waals surface area contributed by atoms with Crippen LogP contribution in [-0.2, 0) is 5.75 Å². The van der Waals surface area contributed by atoms with Crippen LogP contribution >= 0.6 is 23.1 Å². The van der Waals surface area contributed by atoms with Crippen LogP contribution in [0.5, 0.6) is 0 Å². The number of hydrogen-bond acceptors (Lipinski definition) is 4. The second-order valence-electron chi connectivity index (χ2n) is 6.38. The number of nitrogens with zero attached hydrogens (tertiary/aromatic N) is 1. The lowest BCUT2D eigenvalue weighted by molar-refractivity contribution is 0.0657. The summed E-state index contributed by atoms with van der Waals surface area (Å²) in [5, 5.41) is 2.09. The maximum absolute atomic E-state index is 13.0. The Morgan fingerprint density at radius 1 is 1.38 bits per heavy atom. The molecule has 3 rings (SSSR count). The Morgan fingerprint density at radius 3 is 2.96 bits per heavy atom. The van der Waals surface area contributed by atoms with Crippen molar-refractivity contribution in [1.29, 1.82) is 0 Å². The summed E-state index contributed by atoms with van der Waals surface area (Å²) in [6.07, 6.45) is 2.17. The zero-order valence-corrected chi connectivity index (χ0v) is 15.6. The van der Waals surface area contributed by atoms with E-state index in [4.69, 9.17) is 5.73 Å². The largest absolute Gasteiger partial charge is 0.338 e. The van der Waals surface area contributed by atoms with Crippen LogP contribution in [0.1, 0.15) is 35.0 Å². The lowest BCUT2D eigenvalue weighted by atomic mass is 9.92. The van der Waals surface area contributed by atoms with E-state index in [0.29, 0.717) is 5.92 Å². The van der Waals surface area contributed by atoms with Gasteiger partial charge < -0.3 is 10.6 Å². The molecule has 1 amide bonds. The predicted octanol–water partition coefficient (Wildman–Crippen LogP) is 4.24. The summed E-state index contributed by atoms with van der Waals surface area (Å²) in [6, 6.07) is 12.3. The van der Waals surface area contributed by atoms with Crippen LogP contribution in [-0.4, -0.2) is 29.9 Å². The highest BCUT2D eigenvalue weighted by molar-refractivity contribution is 7.98. The molecule has 0 saturated carbocycles. The van der Waals surface area contributed by atoms with E-state index in [-0.39, 0.29) is 11.9 Å². The first kappa shape index (κ1) is 17.5. The lowest BCUT2D eigenvalue weighted by Crippen LogP contribution is -2.45. The summed E-state index contributed by atoms with van der Waals surface area (Å²) in [6.45, 7) is 3.66. The average molecular weight is 361 g/mol. The number of piperidine rings is 1. The molecule has 1 saturated heterocycles. The molecule has 1 aliphatic heterocycles. The fourth-order valence-electron chi connectivity index (χ4n) is 3.11. The van der Waals surface area contributed by atoms with Gasteiger partial charge in [0.15, 0.2) is 0 Å². The molecule has 1 fully saturated rings. The first-order valence-corrected chi connectivity index (χ1v) is 10.3. The smallest absolute Gasteiger partial charge is 0.254 e. The normalized spacial score (nSPS) is 19.2. The number of nitrogens with two attached hydrogens (primary N) is 1. The van der Waals surface area contributed by atoms with Crippen molar-refractivity contribution in [3.63, 3.8) is 0 Å². The number of carbonyl (C=O) groups is 1. The highest BCUT2D eigenvalue weighted by Crippen LogP contribution is 2.30. The van der Waals surface area contributed by atoms with E-state index in [1.54, 1.807) is 23.1 Å². The first-order chi connectivity index (χ1) is 11.6. The number of likely N-dealkylation sites (tertiary alicyclic amines) is 1. The highest BCUT2D eigenvalue weighted by Gasteiger charge is 2.27. The van der Waals surface area contributed by atoms with Crippen molar-refractivity contribution in [3.8, 4) is 0 Å². The maximum Gasteiger partial charge on any atom is 0.254 e. The van der Waals surface area contributed by atoms with E-state index in [0.717, 1.165) is 42.1 Å². The third-order valence-corrected chi connectivity index (χ3v) is 6.74. The summed E-state index contributed by atoms with van der Waals surface area (Å²) < 4.78 is 0. The number of thioether (sulfide) groups is 1. The van der Waals surface area contributed by atoms with Crippen LogP contribution in [0.2, 0.25) is 0 Å². The fourth-order valence-corrected chi connectivity index (χ4v) is 4.92. The second-order valence-corrected chi connectivity index (χ2v) is 8.43. The van der Waals surface area contributed by atoms with Crippen LogP contribution in [0.25, 0.3) is 0 Å². The summed E-state index contributed by atoms with van der Waals surface area (Å²) in [7, 11) is 0. The molecule has 1 aromatic heterocycles. The summed E-state index contributed by atoms with van der Waals surface area (Å²) >= 11 is 3.50. The van der Waals surface area contributed by atoms with Crippen LogP contribution in [0.3, 0.4) is 0 Å². The Morgan fingerprint density at radius 2 is 2.21 bits per heavy atom. The molecule has 2 aromatic rings. The minimum absolute atomic E-state index is 0.143. The van der Waals surface area contributed by atoms with Gasteiger partial charge in [-0.25, -0.2) is 0 Å². The Bertz CT molecular complexity index is 670. The molecule has 24 heavy (non-hydrogen) atoms. The molecule has 0 radical (unpaired) electrons. The van der Waals surface area contributed by atoms with Crippen molar-refractivity contribution in [2.45, 2.75) is 36.5 Å². The molecule has 2 unspecified atom stereocenters. The Hall–Kier alpha value is -1.30. The molecule has 1 aliphatic rings. The van der Waals surface area contributed by atoms with Gasteiger partial charge in [-0.2, -0.15) is 0 Å². The molecule has 0 aliphatic carbocycles. The number of rotatable bonds is 5. The molecule has 2 N–H and O–H groups in total. The maximum atomic E-state index is 13.0. The summed E-state index contributed by atoms with van der Waals surface area (Å²) in [5.74, 6) is 1.47. The third-order valence-electron chi connectivity index (χ3n) is 4.56. The van der Waals surface area contributed by atoms with Crippen molar-refractivity contribution < 1.29 is 4.79 Å². The van der Waals surface area contributed by atoms with E-state index >= 15 is 0 Å². The van der Waals surface area contributed by atoms with Gasteiger partial charge in [-0.3, -0.25) is 4.79 Å². The number of amides is 1. The van der Waals surface area contributed by atoms with Crippen LogP contribution in [0.4, 0.5) is 0 Å². The fraction of sp³-hybridized carbons (Fsp3) is 0.421. The van der Waals surface area contributed by atoms with Gasteiger partial charge in [0.2, 0.25) is 0 Å². The van der Waals surface area contributed by atoms with E-state index < -0.39 is 0 Å². The monoisotopic (exact) mass is 360 g/mol. The molecule has 2 atom stereocenters. The second kappa shape index (κ2) is 8.19. The zero-order valence-electron chi connectivity index (χ0n) is 14.0.